The van der Waals surface area contributed by atoms with E-state index in [0.29, 0.717) is 18.8 Å². The van der Waals surface area contributed by atoms with Crippen molar-refractivity contribution in [1.29, 1.82) is 0 Å². The zero-order chi connectivity index (χ0) is 10.3. The second kappa shape index (κ2) is 6.54. The van der Waals surface area contributed by atoms with E-state index in [4.69, 9.17) is 11.5 Å². The third kappa shape index (κ3) is 5.30. The molecule has 0 rings (SSSR count). The van der Waals surface area contributed by atoms with Crippen molar-refractivity contribution in [3.63, 3.8) is 0 Å². The molecule has 13 heavy (non-hydrogen) atoms. The van der Waals surface area contributed by atoms with E-state index >= 15 is 0 Å². The fourth-order valence-corrected chi connectivity index (χ4v) is 1.14. The van der Waals surface area contributed by atoms with Crippen LogP contribution in [-0.2, 0) is 4.79 Å². The smallest absolute Gasteiger partial charge is 0.307 e. The molecule has 2 atom stereocenters. The van der Waals surface area contributed by atoms with Crippen LogP contribution in [0, 0.1) is 24.2 Å². The maximum atomic E-state index is 10.7. The van der Waals surface area contributed by atoms with Crippen LogP contribution in [0.15, 0.2) is 0 Å². The molecule has 2 heteroatoms. The second-order valence-electron chi connectivity index (χ2n) is 3.53. The zero-order valence-electron chi connectivity index (χ0n) is 8.42. The standard InChI is InChI=1S/C11H18O2/c1-4-6-10(11(12)13)8-7-9(3)5-2/h1,9-10H,5-8H2,2-3H3,(H,12,13). The number of hydrogen-bond donors (Lipinski definition) is 1. The van der Waals surface area contributed by atoms with E-state index in [1.807, 2.05) is 0 Å². The van der Waals surface area contributed by atoms with Gasteiger partial charge in [-0.3, -0.25) is 4.79 Å². The van der Waals surface area contributed by atoms with E-state index in [0.717, 1.165) is 12.8 Å². The molecule has 0 fully saturated rings. The van der Waals surface area contributed by atoms with E-state index in [-0.39, 0.29) is 5.92 Å². The molecule has 0 aliphatic heterocycles. The van der Waals surface area contributed by atoms with Crippen LogP contribution >= 0.6 is 0 Å². The lowest BCUT2D eigenvalue weighted by molar-refractivity contribution is -0.141. The van der Waals surface area contributed by atoms with Crippen LogP contribution in [0.25, 0.3) is 0 Å². The Kier molecular flexibility index (Phi) is 6.05. The van der Waals surface area contributed by atoms with E-state index in [2.05, 4.69) is 19.8 Å². The minimum atomic E-state index is -0.763. The molecule has 0 aromatic rings. The van der Waals surface area contributed by atoms with Gasteiger partial charge in [0, 0.05) is 6.42 Å². The Hall–Kier alpha value is -0.970. The summed E-state index contributed by atoms with van der Waals surface area (Å²) in [7, 11) is 0. The van der Waals surface area contributed by atoms with E-state index in [9.17, 15) is 4.79 Å². The fourth-order valence-electron chi connectivity index (χ4n) is 1.14. The Labute approximate surface area is 80.3 Å². The molecule has 0 aliphatic rings. The van der Waals surface area contributed by atoms with Gasteiger partial charge in [-0.05, 0) is 18.8 Å². The van der Waals surface area contributed by atoms with E-state index < -0.39 is 5.97 Å². The molecule has 0 saturated heterocycles. The predicted octanol–water partition coefficient (Wildman–Crippen LogP) is 2.54. The van der Waals surface area contributed by atoms with Crippen LogP contribution in [0.3, 0.4) is 0 Å². The van der Waals surface area contributed by atoms with Crippen molar-refractivity contribution in [2.45, 2.75) is 39.5 Å². The molecule has 2 nitrogen and oxygen atoms in total. The van der Waals surface area contributed by atoms with Crippen LogP contribution < -0.4 is 0 Å². The highest BCUT2D eigenvalue weighted by atomic mass is 16.4. The summed E-state index contributed by atoms with van der Waals surface area (Å²) < 4.78 is 0. The first-order valence-electron chi connectivity index (χ1n) is 4.78. The SMILES string of the molecule is C#CCC(CCC(C)CC)C(=O)O. The highest BCUT2D eigenvalue weighted by molar-refractivity contribution is 5.70. The van der Waals surface area contributed by atoms with Crippen LogP contribution in [0.5, 0.6) is 0 Å². The van der Waals surface area contributed by atoms with Crippen LogP contribution in [0.4, 0.5) is 0 Å². The molecular weight excluding hydrogens is 164 g/mol. The summed E-state index contributed by atoms with van der Waals surface area (Å²) in [6.07, 6.45) is 8.20. The summed E-state index contributed by atoms with van der Waals surface area (Å²) in [5.41, 5.74) is 0. The van der Waals surface area contributed by atoms with Crippen molar-refractivity contribution < 1.29 is 9.90 Å². The summed E-state index contributed by atoms with van der Waals surface area (Å²) in [6, 6.07) is 0. The van der Waals surface area contributed by atoms with Gasteiger partial charge in [0.2, 0.25) is 0 Å². The van der Waals surface area contributed by atoms with Crippen molar-refractivity contribution in [3.8, 4) is 12.3 Å². The predicted molar refractivity (Wildman–Crippen MR) is 53.3 cm³/mol. The molecule has 0 heterocycles. The number of rotatable bonds is 6. The number of hydrogen-bond acceptors (Lipinski definition) is 1. The van der Waals surface area contributed by atoms with Gasteiger partial charge in [0.1, 0.15) is 0 Å². The van der Waals surface area contributed by atoms with Crippen LogP contribution in [0.1, 0.15) is 39.5 Å². The third-order valence-corrected chi connectivity index (χ3v) is 2.42. The Morgan fingerprint density at radius 3 is 2.54 bits per heavy atom. The van der Waals surface area contributed by atoms with Gasteiger partial charge in [-0.1, -0.05) is 20.3 Å². The molecule has 0 bridgehead atoms. The molecule has 0 radical (unpaired) electrons. The third-order valence-electron chi connectivity index (χ3n) is 2.42. The highest BCUT2D eigenvalue weighted by Gasteiger charge is 2.16. The normalized spacial score (nSPS) is 14.5. The monoisotopic (exact) mass is 182 g/mol. The molecular formula is C11H18O2. The van der Waals surface area contributed by atoms with Crippen molar-refractivity contribution in [3.05, 3.63) is 0 Å². The van der Waals surface area contributed by atoms with Gasteiger partial charge in [0.05, 0.1) is 5.92 Å². The average Bonchev–Trinajstić information content (AvgIpc) is 2.11. The lowest BCUT2D eigenvalue weighted by Gasteiger charge is -2.12. The molecule has 74 valence electrons. The number of carboxylic acid groups (broad SMARTS) is 1. The Bertz CT molecular complexity index is 191. The minimum Gasteiger partial charge on any atom is -0.481 e. The minimum absolute atomic E-state index is 0.348. The van der Waals surface area contributed by atoms with Gasteiger partial charge in [-0.15, -0.1) is 12.3 Å². The summed E-state index contributed by atoms with van der Waals surface area (Å²) >= 11 is 0. The summed E-state index contributed by atoms with van der Waals surface area (Å²) in [5, 5.41) is 8.79. The van der Waals surface area contributed by atoms with Crippen molar-refractivity contribution in [2.24, 2.45) is 11.8 Å². The molecule has 0 aromatic heterocycles. The average molecular weight is 182 g/mol. The highest BCUT2D eigenvalue weighted by Crippen LogP contribution is 2.17. The second-order valence-corrected chi connectivity index (χ2v) is 3.53. The maximum Gasteiger partial charge on any atom is 0.307 e. The molecule has 0 saturated carbocycles. The molecule has 0 aliphatic carbocycles. The Balaban J connectivity index is 3.84. The summed E-state index contributed by atoms with van der Waals surface area (Å²) in [4.78, 5) is 10.7. The van der Waals surface area contributed by atoms with Crippen LogP contribution in [-0.4, -0.2) is 11.1 Å². The number of carbonyl (C=O) groups is 1. The molecule has 0 amide bonds. The molecule has 1 N–H and O–H groups in total. The topological polar surface area (TPSA) is 37.3 Å². The number of terminal acetylenes is 1. The fraction of sp³-hybridized carbons (Fsp3) is 0.727. The first-order chi connectivity index (χ1) is 6.11. The van der Waals surface area contributed by atoms with Gasteiger partial charge in [0.25, 0.3) is 0 Å². The Morgan fingerprint density at radius 2 is 2.15 bits per heavy atom. The first kappa shape index (κ1) is 12.0. The van der Waals surface area contributed by atoms with Gasteiger partial charge in [0.15, 0.2) is 0 Å². The van der Waals surface area contributed by atoms with Gasteiger partial charge in [-0.2, -0.15) is 0 Å². The van der Waals surface area contributed by atoms with Crippen LogP contribution in [0.2, 0.25) is 0 Å². The molecule has 0 aromatic carbocycles. The summed E-state index contributed by atoms with van der Waals surface area (Å²) in [6.45, 7) is 4.25. The quantitative estimate of drug-likeness (QED) is 0.641. The van der Waals surface area contributed by atoms with Crippen molar-refractivity contribution in [2.75, 3.05) is 0 Å². The lowest BCUT2D eigenvalue weighted by atomic mass is 9.93. The van der Waals surface area contributed by atoms with Gasteiger partial charge < -0.3 is 5.11 Å². The maximum absolute atomic E-state index is 10.7. The van der Waals surface area contributed by atoms with E-state index in [1.165, 1.54) is 0 Å². The number of carboxylic acids is 1. The van der Waals surface area contributed by atoms with Gasteiger partial charge >= 0.3 is 5.97 Å². The first-order valence-corrected chi connectivity index (χ1v) is 4.78. The molecule has 0 spiro atoms. The zero-order valence-corrected chi connectivity index (χ0v) is 8.42. The lowest BCUT2D eigenvalue weighted by Crippen LogP contribution is -2.14. The van der Waals surface area contributed by atoms with Crippen molar-refractivity contribution >= 4 is 5.97 Å². The van der Waals surface area contributed by atoms with E-state index in [1.54, 1.807) is 0 Å². The van der Waals surface area contributed by atoms with Gasteiger partial charge in [-0.25, -0.2) is 0 Å². The number of aliphatic carboxylic acids is 1. The Morgan fingerprint density at radius 1 is 1.54 bits per heavy atom. The summed E-state index contributed by atoms with van der Waals surface area (Å²) in [5.74, 6) is 1.90. The largest absolute Gasteiger partial charge is 0.481 e. The molecule has 2 unspecified atom stereocenters. The van der Waals surface area contributed by atoms with Crippen molar-refractivity contribution in [1.82, 2.24) is 0 Å².